The second-order valence-corrected chi connectivity index (χ2v) is 28.3. The molecule has 2 aromatic heterocycles. The first-order valence-electron chi connectivity index (χ1n) is 34.1. The summed E-state index contributed by atoms with van der Waals surface area (Å²) in [6.07, 6.45) is 0. The van der Waals surface area contributed by atoms with Crippen molar-refractivity contribution < 1.29 is 8.83 Å². The molecule has 4 aliphatic heterocycles. The number of para-hydroxylation sites is 10. The van der Waals surface area contributed by atoms with Gasteiger partial charge in [0.25, 0.3) is 0 Å². The Hall–Kier alpha value is -12.1. The summed E-state index contributed by atoms with van der Waals surface area (Å²) in [6, 6.07) is 125. The summed E-state index contributed by atoms with van der Waals surface area (Å²) in [5.41, 5.74) is 28.1. The molecule has 15 aromatic carbocycles. The molecular formula is C90H56B2N4O2S2. The molecule has 0 radical (unpaired) electrons. The molecular weight excluding hydrogens is 1250 g/mol. The highest BCUT2D eigenvalue weighted by Crippen LogP contribution is 2.54. The summed E-state index contributed by atoms with van der Waals surface area (Å²) < 4.78 is 14.1. The molecule has 0 saturated heterocycles. The Kier molecular flexibility index (Phi) is 13.0. The van der Waals surface area contributed by atoms with E-state index in [9.17, 15) is 0 Å². The standard InChI is InChI=1S/C90H56B2N4O2S2/c1-5-27-57(28-6-1)93(58-29-7-2-8-30-58)61-51-79-87-85(53-61)99-83-49-23-17-43-71(83)91(87)73-55-74-78(56-77(73)95(79)75-45-19-13-35-63(75)67-39-25-41-69-65-37-15-21-47-81(65)97-89(67)69)96(76-46-20-14-36-64(76)68-40-26-42-70-66-38-16-22-48-82(66)98-90(68)70)80-52-62(54-86-88(80)92(74)72-44-18-24-50-84(72)100-86)94(59-31-9-3-10-32-59)60-33-11-4-12-34-60/h1-56H. The molecule has 0 atom stereocenters. The molecule has 21 rings (SSSR count). The van der Waals surface area contributed by atoms with E-state index in [-0.39, 0.29) is 13.4 Å². The first-order valence-corrected chi connectivity index (χ1v) is 35.7. The molecule has 0 aliphatic carbocycles. The number of hydrogen-bond acceptors (Lipinski definition) is 8. The third-order valence-electron chi connectivity index (χ3n) is 20.7. The highest BCUT2D eigenvalue weighted by Gasteiger charge is 2.48. The number of anilines is 12. The van der Waals surface area contributed by atoms with Crippen LogP contribution in [0.4, 0.5) is 68.2 Å². The molecule has 4 aliphatic rings. The summed E-state index contributed by atoms with van der Waals surface area (Å²) >= 11 is 3.77. The van der Waals surface area contributed by atoms with E-state index < -0.39 is 0 Å². The van der Waals surface area contributed by atoms with E-state index in [4.69, 9.17) is 8.83 Å². The smallest absolute Gasteiger partial charge is 0.249 e. The largest absolute Gasteiger partial charge is 0.455 e. The minimum atomic E-state index is -0.158. The Morgan fingerprint density at radius 1 is 0.240 bits per heavy atom. The Labute approximate surface area is 587 Å². The molecule has 17 aromatic rings. The van der Waals surface area contributed by atoms with Gasteiger partial charge in [-0.25, -0.2) is 0 Å². The van der Waals surface area contributed by atoms with Gasteiger partial charge in [0, 0.05) is 120 Å². The van der Waals surface area contributed by atoms with Crippen LogP contribution < -0.4 is 52.4 Å². The predicted octanol–water partition coefficient (Wildman–Crippen LogP) is 21.3. The van der Waals surface area contributed by atoms with Crippen LogP contribution in [0.1, 0.15) is 0 Å². The monoisotopic (exact) mass is 1310 g/mol. The molecule has 0 spiro atoms. The summed E-state index contributed by atoms with van der Waals surface area (Å²) in [6.45, 7) is -0.316. The first kappa shape index (κ1) is 57.0. The third kappa shape index (κ3) is 8.76. The van der Waals surface area contributed by atoms with Crippen molar-refractivity contribution in [3.05, 3.63) is 340 Å². The highest BCUT2D eigenvalue weighted by atomic mass is 32.2. The lowest BCUT2D eigenvalue weighted by Crippen LogP contribution is -2.64. The lowest BCUT2D eigenvalue weighted by atomic mass is 9.31. The van der Waals surface area contributed by atoms with Gasteiger partial charge in [-0.2, -0.15) is 0 Å². The Morgan fingerprint density at radius 2 is 0.590 bits per heavy atom. The molecule has 0 unspecified atom stereocenters. The SMILES string of the molecule is c1ccc(N(c2ccccc2)c2cc3c4c(c2)N(c2ccccc2-c2cccc5c2oc2ccccc25)c2cc5c(cc2B4c2ccccc2S3)B2c3ccccc3Sc3cc(N(c4ccccc4)c4ccccc4)cc(c32)N5c2ccccc2-c2cccc3c2oc2ccccc23)cc1. The van der Waals surface area contributed by atoms with E-state index in [0.717, 1.165) is 134 Å². The van der Waals surface area contributed by atoms with Crippen LogP contribution >= 0.6 is 23.5 Å². The molecule has 0 bridgehead atoms. The van der Waals surface area contributed by atoms with Crippen molar-refractivity contribution in [2.45, 2.75) is 19.6 Å². The van der Waals surface area contributed by atoms with E-state index in [1.165, 1.54) is 52.4 Å². The molecule has 6 nitrogen and oxygen atoms in total. The molecule has 0 amide bonds. The van der Waals surface area contributed by atoms with Crippen LogP contribution in [0.3, 0.4) is 0 Å². The predicted molar refractivity (Wildman–Crippen MR) is 421 cm³/mol. The van der Waals surface area contributed by atoms with Crippen molar-refractivity contribution in [1.29, 1.82) is 0 Å². The number of fused-ring (bicyclic) bond motifs is 14. The lowest BCUT2D eigenvalue weighted by Gasteiger charge is -2.45. The van der Waals surface area contributed by atoms with Gasteiger partial charge in [-0.05, 0) is 137 Å². The number of rotatable bonds is 10. The Bertz CT molecular complexity index is 5730. The van der Waals surface area contributed by atoms with Crippen LogP contribution in [0.2, 0.25) is 0 Å². The minimum absolute atomic E-state index is 0.158. The van der Waals surface area contributed by atoms with Gasteiger partial charge in [-0.1, -0.05) is 259 Å². The van der Waals surface area contributed by atoms with Crippen molar-refractivity contribution in [1.82, 2.24) is 0 Å². The van der Waals surface area contributed by atoms with Crippen molar-refractivity contribution in [3.8, 4) is 22.3 Å². The molecule has 0 N–H and O–H groups in total. The fourth-order valence-corrected chi connectivity index (χ4v) is 18.9. The van der Waals surface area contributed by atoms with Crippen molar-refractivity contribution in [3.63, 3.8) is 0 Å². The van der Waals surface area contributed by atoms with E-state index >= 15 is 0 Å². The van der Waals surface area contributed by atoms with E-state index in [2.05, 4.69) is 359 Å². The zero-order valence-electron chi connectivity index (χ0n) is 53.9. The highest BCUT2D eigenvalue weighted by molar-refractivity contribution is 8.00. The minimum Gasteiger partial charge on any atom is -0.455 e. The van der Waals surface area contributed by atoms with Gasteiger partial charge in [0.15, 0.2) is 0 Å². The fraction of sp³-hybridized carbons (Fsp3) is 0. The molecule has 6 heterocycles. The molecule has 0 fully saturated rings. The van der Waals surface area contributed by atoms with Crippen LogP contribution in [-0.2, 0) is 0 Å². The van der Waals surface area contributed by atoms with Gasteiger partial charge < -0.3 is 28.4 Å². The fourth-order valence-electron chi connectivity index (χ4n) is 16.5. The van der Waals surface area contributed by atoms with Gasteiger partial charge in [0.05, 0.1) is 11.4 Å². The summed E-state index contributed by atoms with van der Waals surface area (Å²) in [5, 5.41) is 4.35. The molecule has 466 valence electrons. The maximum Gasteiger partial charge on any atom is 0.249 e. The van der Waals surface area contributed by atoms with Crippen LogP contribution in [0.5, 0.6) is 0 Å². The second kappa shape index (κ2) is 22.8. The van der Waals surface area contributed by atoms with Crippen LogP contribution in [0.25, 0.3) is 66.1 Å². The topological polar surface area (TPSA) is 39.2 Å². The molecule has 10 heteroatoms. The summed E-state index contributed by atoms with van der Waals surface area (Å²) in [5.74, 6) is 0. The van der Waals surface area contributed by atoms with E-state index in [1.54, 1.807) is 0 Å². The average Bonchev–Trinajstić information content (AvgIpc) is 1.14. The zero-order chi connectivity index (χ0) is 65.5. The lowest BCUT2D eigenvalue weighted by molar-refractivity contribution is 0.669. The maximum absolute atomic E-state index is 7.04. The summed E-state index contributed by atoms with van der Waals surface area (Å²) in [7, 11) is 0. The third-order valence-corrected chi connectivity index (χ3v) is 23.0. The van der Waals surface area contributed by atoms with Crippen LogP contribution in [0.15, 0.2) is 368 Å². The van der Waals surface area contributed by atoms with Gasteiger partial charge in [-0.3, -0.25) is 0 Å². The van der Waals surface area contributed by atoms with Crippen molar-refractivity contribution >= 4 is 182 Å². The Balaban J connectivity index is 0.901. The van der Waals surface area contributed by atoms with E-state index in [0.29, 0.717) is 0 Å². The molecule has 100 heavy (non-hydrogen) atoms. The Morgan fingerprint density at radius 3 is 1.02 bits per heavy atom. The van der Waals surface area contributed by atoms with Crippen LogP contribution in [-0.4, -0.2) is 13.4 Å². The van der Waals surface area contributed by atoms with Gasteiger partial charge >= 0.3 is 0 Å². The number of furan rings is 2. The number of hydrogen-bond donors (Lipinski definition) is 0. The number of nitrogens with zero attached hydrogens (tertiary/aromatic N) is 4. The number of benzene rings is 15. The van der Waals surface area contributed by atoms with Gasteiger partial charge in [0.2, 0.25) is 13.4 Å². The second-order valence-electron chi connectivity index (χ2n) is 26.1. The van der Waals surface area contributed by atoms with Crippen molar-refractivity contribution in [2.24, 2.45) is 0 Å². The van der Waals surface area contributed by atoms with Gasteiger partial charge in [-0.15, -0.1) is 0 Å². The normalized spacial score (nSPS) is 13.0. The average molecular weight is 1310 g/mol. The molecule has 0 saturated carbocycles. The summed E-state index contributed by atoms with van der Waals surface area (Å²) in [4.78, 5) is 15.0. The van der Waals surface area contributed by atoms with E-state index in [1.807, 2.05) is 23.5 Å². The zero-order valence-corrected chi connectivity index (χ0v) is 55.5. The maximum atomic E-state index is 7.04. The van der Waals surface area contributed by atoms with Crippen molar-refractivity contribution in [2.75, 3.05) is 19.6 Å². The van der Waals surface area contributed by atoms with Crippen LogP contribution in [0, 0.1) is 0 Å². The van der Waals surface area contributed by atoms with Gasteiger partial charge in [0.1, 0.15) is 22.3 Å². The first-order chi connectivity index (χ1) is 49.6. The quantitative estimate of drug-likeness (QED) is 0.125.